The van der Waals surface area contributed by atoms with Gasteiger partial charge in [0.15, 0.2) is 0 Å². The fourth-order valence-corrected chi connectivity index (χ4v) is 2.08. The van der Waals surface area contributed by atoms with Crippen LogP contribution in [0.15, 0.2) is 42.5 Å². The van der Waals surface area contributed by atoms with Gasteiger partial charge in [0.25, 0.3) is 0 Å². The zero-order chi connectivity index (χ0) is 13.8. The lowest BCUT2D eigenvalue weighted by Crippen LogP contribution is -2.18. The Labute approximate surface area is 118 Å². The zero-order valence-corrected chi connectivity index (χ0v) is 11.8. The number of aryl methyl sites for hydroxylation is 1. The summed E-state index contributed by atoms with van der Waals surface area (Å²) in [4.78, 5) is 0. The molecule has 0 amide bonds. The standard InChI is InChI=1S/C16H17ClFN/c1-11-9-13(3-8-16(11)18)10-19-12(2)14-4-6-15(17)7-5-14/h3-9,12,19H,10H2,1-2H3/t12-/m0/s1. The highest BCUT2D eigenvalue weighted by Gasteiger charge is 2.05. The minimum atomic E-state index is -0.158. The topological polar surface area (TPSA) is 12.0 Å². The Balaban J connectivity index is 1.98. The summed E-state index contributed by atoms with van der Waals surface area (Å²) in [6.07, 6.45) is 0. The van der Waals surface area contributed by atoms with Crippen LogP contribution in [0, 0.1) is 12.7 Å². The van der Waals surface area contributed by atoms with E-state index in [1.807, 2.05) is 36.4 Å². The first kappa shape index (κ1) is 14.0. The molecule has 0 aromatic heterocycles. The minimum absolute atomic E-state index is 0.158. The van der Waals surface area contributed by atoms with Crippen LogP contribution < -0.4 is 5.32 Å². The molecule has 2 aromatic carbocycles. The number of benzene rings is 2. The number of rotatable bonds is 4. The number of hydrogen-bond donors (Lipinski definition) is 1. The number of nitrogens with one attached hydrogen (secondary N) is 1. The minimum Gasteiger partial charge on any atom is -0.306 e. The summed E-state index contributed by atoms with van der Waals surface area (Å²) >= 11 is 5.87. The third-order valence-electron chi connectivity index (χ3n) is 3.20. The number of halogens is 2. The molecule has 100 valence electrons. The van der Waals surface area contributed by atoms with Gasteiger partial charge in [0.1, 0.15) is 5.82 Å². The van der Waals surface area contributed by atoms with Crippen molar-refractivity contribution in [3.63, 3.8) is 0 Å². The summed E-state index contributed by atoms with van der Waals surface area (Å²) in [5.41, 5.74) is 2.95. The van der Waals surface area contributed by atoms with Crippen LogP contribution in [0.25, 0.3) is 0 Å². The van der Waals surface area contributed by atoms with Gasteiger partial charge in [0.2, 0.25) is 0 Å². The maximum absolute atomic E-state index is 13.2. The molecule has 1 nitrogen and oxygen atoms in total. The van der Waals surface area contributed by atoms with Crippen LogP contribution in [0.2, 0.25) is 5.02 Å². The van der Waals surface area contributed by atoms with E-state index in [1.54, 1.807) is 6.92 Å². The molecule has 3 heteroatoms. The van der Waals surface area contributed by atoms with Gasteiger partial charge in [-0.15, -0.1) is 0 Å². The average Bonchev–Trinajstić information content (AvgIpc) is 2.40. The Morgan fingerprint density at radius 3 is 2.47 bits per heavy atom. The lowest BCUT2D eigenvalue weighted by molar-refractivity contribution is 0.572. The Kier molecular flexibility index (Phi) is 4.56. The second-order valence-corrected chi connectivity index (χ2v) is 5.17. The van der Waals surface area contributed by atoms with Crippen LogP contribution in [0.1, 0.15) is 29.7 Å². The second-order valence-electron chi connectivity index (χ2n) is 4.74. The molecule has 0 saturated carbocycles. The Morgan fingerprint density at radius 1 is 1.16 bits per heavy atom. The highest BCUT2D eigenvalue weighted by Crippen LogP contribution is 2.17. The van der Waals surface area contributed by atoms with E-state index in [9.17, 15) is 4.39 Å². The molecule has 0 saturated heterocycles. The third-order valence-corrected chi connectivity index (χ3v) is 3.46. The highest BCUT2D eigenvalue weighted by molar-refractivity contribution is 6.30. The molecule has 19 heavy (non-hydrogen) atoms. The van der Waals surface area contributed by atoms with Crippen LogP contribution in [0.4, 0.5) is 4.39 Å². The second kappa shape index (κ2) is 6.18. The fraction of sp³-hybridized carbons (Fsp3) is 0.250. The van der Waals surface area contributed by atoms with E-state index in [4.69, 9.17) is 11.6 Å². The van der Waals surface area contributed by atoms with Crippen LogP contribution >= 0.6 is 11.6 Å². The molecule has 0 spiro atoms. The normalized spacial score (nSPS) is 12.4. The van der Waals surface area contributed by atoms with Crippen molar-refractivity contribution >= 4 is 11.6 Å². The SMILES string of the molecule is Cc1cc(CN[C@@H](C)c2ccc(Cl)cc2)ccc1F. The van der Waals surface area contributed by atoms with Gasteiger partial charge in [-0.2, -0.15) is 0 Å². The Hall–Kier alpha value is -1.38. The van der Waals surface area contributed by atoms with Crippen LogP contribution in [0.5, 0.6) is 0 Å². The molecule has 0 fully saturated rings. The quantitative estimate of drug-likeness (QED) is 0.858. The molecule has 1 N–H and O–H groups in total. The Morgan fingerprint density at radius 2 is 1.84 bits per heavy atom. The van der Waals surface area contributed by atoms with Crippen molar-refractivity contribution in [2.75, 3.05) is 0 Å². The van der Waals surface area contributed by atoms with Crippen molar-refractivity contribution in [1.29, 1.82) is 0 Å². The van der Waals surface area contributed by atoms with Crippen molar-refractivity contribution in [3.05, 3.63) is 70.0 Å². The van der Waals surface area contributed by atoms with Crippen LogP contribution in [-0.2, 0) is 6.54 Å². The van der Waals surface area contributed by atoms with Gasteiger partial charge in [-0.25, -0.2) is 4.39 Å². The summed E-state index contributed by atoms with van der Waals surface area (Å²) in [5.74, 6) is -0.158. The summed E-state index contributed by atoms with van der Waals surface area (Å²) in [6.45, 7) is 4.59. The molecular weight excluding hydrogens is 261 g/mol. The van der Waals surface area contributed by atoms with E-state index in [-0.39, 0.29) is 11.9 Å². The molecule has 0 aliphatic heterocycles. The van der Waals surface area contributed by atoms with Crippen molar-refractivity contribution in [1.82, 2.24) is 5.32 Å². The first-order chi connectivity index (χ1) is 9.06. The Bertz CT molecular complexity index is 551. The lowest BCUT2D eigenvalue weighted by atomic mass is 10.1. The summed E-state index contributed by atoms with van der Waals surface area (Å²) < 4.78 is 13.2. The maximum Gasteiger partial charge on any atom is 0.126 e. The van der Waals surface area contributed by atoms with E-state index in [1.165, 1.54) is 11.6 Å². The predicted molar refractivity (Wildman–Crippen MR) is 77.8 cm³/mol. The van der Waals surface area contributed by atoms with Gasteiger partial charge in [-0.1, -0.05) is 35.9 Å². The molecule has 0 aliphatic rings. The van der Waals surface area contributed by atoms with Crippen molar-refractivity contribution in [2.45, 2.75) is 26.4 Å². The van der Waals surface area contributed by atoms with Crippen molar-refractivity contribution in [2.24, 2.45) is 0 Å². The molecular formula is C16H17ClFN. The first-order valence-corrected chi connectivity index (χ1v) is 6.68. The van der Waals surface area contributed by atoms with Crippen LogP contribution in [0.3, 0.4) is 0 Å². The summed E-state index contributed by atoms with van der Waals surface area (Å²) in [7, 11) is 0. The molecule has 0 unspecified atom stereocenters. The predicted octanol–water partition coefficient (Wildman–Crippen LogP) is 4.64. The van der Waals surface area contributed by atoms with E-state index in [0.717, 1.165) is 10.6 Å². The smallest absolute Gasteiger partial charge is 0.126 e. The van der Waals surface area contributed by atoms with Crippen molar-refractivity contribution in [3.8, 4) is 0 Å². The fourth-order valence-electron chi connectivity index (χ4n) is 1.96. The van der Waals surface area contributed by atoms with E-state index in [2.05, 4.69) is 12.2 Å². The van der Waals surface area contributed by atoms with Gasteiger partial charge >= 0.3 is 0 Å². The van der Waals surface area contributed by atoms with Gasteiger partial charge < -0.3 is 5.32 Å². The highest BCUT2D eigenvalue weighted by atomic mass is 35.5. The van der Waals surface area contributed by atoms with Gasteiger partial charge in [-0.05, 0) is 48.7 Å². The van der Waals surface area contributed by atoms with E-state index in [0.29, 0.717) is 12.1 Å². The number of hydrogen-bond acceptors (Lipinski definition) is 1. The molecule has 0 aliphatic carbocycles. The third kappa shape index (κ3) is 3.79. The van der Waals surface area contributed by atoms with Gasteiger partial charge in [0, 0.05) is 17.6 Å². The molecule has 2 aromatic rings. The lowest BCUT2D eigenvalue weighted by Gasteiger charge is -2.14. The first-order valence-electron chi connectivity index (χ1n) is 6.30. The van der Waals surface area contributed by atoms with E-state index >= 15 is 0 Å². The summed E-state index contributed by atoms with van der Waals surface area (Å²) in [5, 5.41) is 4.16. The maximum atomic E-state index is 13.2. The molecule has 0 heterocycles. The molecule has 2 rings (SSSR count). The van der Waals surface area contributed by atoms with E-state index < -0.39 is 0 Å². The largest absolute Gasteiger partial charge is 0.306 e. The van der Waals surface area contributed by atoms with Crippen molar-refractivity contribution < 1.29 is 4.39 Å². The monoisotopic (exact) mass is 277 g/mol. The molecule has 0 bridgehead atoms. The zero-order valence-electron chi connectivity index (χ0n) is 11.1. The average molecular weight is 278 g/mol. The van der Waals surface area contributed by atoms with Gasteiger partial charge in [-0.3, -0.25) is 0 Å². The molecule has 1 atom stereocenters. The van der Waals surface area contributed by atoms with Crippen LogP contribution in [-0.4, -0.2) is 0 Å². The summed E-state index contributed by atoms with van der Waals surface area (Å²) in [6, 6.07) is 13.2. The molecule has 0 radical (unpaired) electrons. The van der Waals surface area contributed by atoms with Gasteiger partial charge in [0.05, 0.1) is 0 Å².